The highest BCUT2D eigenvalue weighted by atomic mass is 79.9. The minimum atomic E-state index is -4.70. The maximum absolute atomic E-state index is 13.4. The third-order valence-electron chi connectivity index (χ3n) is 4.60. The van der Waals surface area contributed by atoms with E-state index in [0.717, 1.165) is 0 Å². The summed E-state index contributed by atoms with van der Waals surface area (Å²) < 4.78 is 46.6. The Bertz CT molecular complexity index is 935. The van der Waals surface area contributed by atoms with E-state index >= 15 is 0 Å². The lowest BCUT2D eigenvalue weighted by Gasteiger charge is -2.31. The number of nitrogens with one attached hydrogen (secondary N) is 1. The number of hydrogen-bond donors (Lipinski definition) is 1. The SMILES string of the molecule is CC(C)C1Oc2ccc(Br)cc2C(C(=O)Nc2ccccc2)N(CC(F)(F)F)C1=O. The zero-order valence-corrected chi connectivity index (χ0v) is 17.8. The van der Waals surface area contributed by atoms with Gasteiger partial charge in [0.25, 0.3) is 11.8 Å². The molecule has 5 nitrogen and oxygen atoms in total. The molecule has 9 heteroatoms. The number of halogens is 4. The van der Waals surface area contributed by atoms with Crippen LogP contribution >= 0.6 is 15.9 Å². The first-order valence-electron chi connectivity index (χ1n) is 9.26. The summed E-state index contributed by atoms with van der Waals surface area (Å²) in [5.74, 6) is -1.85. The van der Waals surface area contributed by atoms with Crippen LogP contribution in [0.25, 0.3) is 0 Å². The van der Waals surface area contributed by atoms with Crippen LogP contribution < -0.4 is 10.1 Å². The molecule has 0 radical (unpaired) electrons. The van der Waals surface area contributed by atoms with Gasteiger partial charge in [0.15, 0.2) is 6.10 Å². The van der Waals surface area contributed by atoms with Gasteiger partial charge in [-0.15, -0.1) is 0 Å². The van der Waals surface area contributed by atoms with Crippen molar-refractivity contribution < 1.29 is 27.5 Å². The molecule has 0 saturated carbocycles. The van der Waals surface area contributed by atoms with Crippen molar-refractivity contribution in [1.29, 1.82) is 0 Å². The van der Waals surface area contributed by atoms with E-state index in [2.05, 4.69) is 21.2 Å². The number of rotatable bonds is 4. The predicted octanol–water partition coefficient (Wildman–Crippen LogP) is 4.94. The predicted molar refractivity (Wildman–Crippen MR) is 109 cm³/mol. The third kappa shape index (κ3) is 4.95. The number of carbonyl (C=O) groups excluding carboxylic acids is 2. The van der Waals surface area contributed by atoms with Crippen LogP contribution in [0.3, 0.4) is 0 Å². The molecule has 1 N–H and O–H groups in total. The number of benzene rings is 2. The molecule has 2 atom stereocenters. The van der Waals surface area contributed by atoms with Crippen molar-refractivity contribution in [3.63, 3.8) is 0 Å². The largest absolute Gasteiger partial charge is 0.480 e. The Morgan fingerprint density at radius 3 is 2.47 bits per heavy atom. The normalized spacial score (nSPS) is 19.2. The number of nitrogens with zero attached hydrogens (tertiary/aromatic N) is 1. The number of fused-ring (bicyclic) bond motifs is 1. The molecule has 2 amide bonds. The molecule has 160 valence electrons. The van der Waals surface area contributed by atoms with Gasteiger partial charge in [-0.1, -0.05) is 48.0 Å². The summed E-state index contributed by atoms with van der Waals surface area (Å²) in [4.78, 5) is 26.8. The first-order valence-corrected chi connectivity index (χ1v) is 10.1. The van der Waals surface area contributed by atoms with Crippen molar-refractivity contribution in [1.82, 2.24) is 4.90 Å². The van der Waals surface area contributed by atoms with Crippen LogP contribution in [-0.2, 0) is 9.59 Å². The Morgan fingerprint density at radius 2 is 1.87 bits per heavy atom. The number of hydrogen-bond acceptors (Lipinski definition) is 3. The quantitative estimate of drug-likeness (QED) is 0.668. The summed E-state index contributed by atoms with van der Waals surface area (Å²) in [7, 11) is 0. The summed E-state index contributed by atoms with van der Waals surface area (Å²) >= 11 is 3.29. The Morgan fingerprint density at radius 1 is 1.20 bits per heavy atom. The number of para-hydroxylation sites is 1. The zero-order valence-electron chi connectivity index (χ0n) is 16.2. The van der Waals surface area contributed by atoms with E-state index in [4.69, 9.17) is 4.74 Å². The highest BCUT2D eigenvalue weighted by Crippen LogP contribution is 2.39. The summed E-state index contributed by atoms with van der Waals surface area (Å²) in [5.41, 5.74) is 0.586. The molecule has 0 bridgehead atoms. The summed E-state index contributed by atoms with van der Waals surface area (Å²) in [5, 5.41) is 2.61. The molecule has 2 unspecified atom stereocenters. The van der Waals surface area contributed by atoms with Crippen LogP contribution in [0.15, 0.2) is 53.0 Å². The molecule has 2 aromatic rings. The lowest BCUT2D eigenvalue weighted by Crippen LogP contribution is -2.50. The monoisotopic (exact) mass is 484 g/mol. The Balaban J connectivity index is 2.13. The van der Waals surface area contributed by atoms with E-state index < -0.39 is 42.6 Å². The van der Waals surface area contributed by atoms with Crippen LogP contribution in [0, 0.1) is 5.92 Å². The van der Waals surface area contributed by atoms with Crippen molar-refractivity contribution in [3.8, 4) is 5.75 Å². The minimum absolute atomic E-state index is 0.179. The van der Waals surface area contributed by atoms with Gasteiger partial charge in [0.05, 0.1) is 0 Å². The van der Waals surface area contributed by atoms with Gasteiger partial charge in [0, 0.05) is 15.7 Å². The van der Waals surface area contributed by atoms with E-state index in [9.17, 15) is 22.8 Å². The molecule has 2 aromatic carbocycles. The molecule has 0 fully saturated rings. The molecular formula is C21H20BrF3N2O3. The van der Waals surface area contributed by atoms with E-state index in [-0.39, 0.29) is 11.3 Å². The smallest absolute Gasteiger partial charge is 0.406 e. The van der Waals surface area contributed by atoms with Gasteiger partial charge >= 0.3 is 6.18 Å². The Labute approximate surface area is 180 Å². The van der Waals surface area contributed by atoms with E-state index in [0.29, 0.717) is 15.1 Å². The second kappa shape index (κ2) is 8.67. The fourth-order valence-electron chi connectivity index (χ4n) is 3.28. The Kier molecular flexibility index (Phi) is 6.40. The molecule has 30 heavy (non-hydrogen) atoms. The molecule has 1 aliphatic rings. The van der Waals surface area contributed by atoms with Gasteiger partial charge in [0.1, 0.15) is 18.3 Å². The minimum Gasteiger partial charge on any atom is -0.480 e. The van der Waals surface area contributed by atoms with Gasteiger partial charge in [-0.05, 0) is 36.2 Å². The molecule has 0 aromatic heterocycles. The average molecular weight is 485 g/mol. The zero-order chi connectivity index (χ0) is 22.1. The third-order valence-corrected chi connectivity index (χ3v) is 5.10. The lowest BCUT2D eigenvalue weighted by molar-refractivity contribution is -0.171. The molecular weight excluding hydrogens is 465 g/mol. The van der Waals surface area contributed by atoms with Crippen molar-refractivity contribution in [3.05, 3.63) is 58.6 Å². The standard InChI is InChI=1S/C21H20BrF3N2O3/c1-12(2)18-20(29)27(11-21(23,24)25)17(15-10-13(22)8-9-16(15)30-18)19(28)26-14-6-4-3-5-7-14/h3-10,12,17-18H,11H2,1-2H3,(H,26,28). The maximum atomic E-state index is 13.4. The molecule has 0 aliphatic carbocycles. The second-order valence-corrected chi connectivity index (χ2v) is 8.22. The molecule has 0 spiro atoms. The van der Waals surface area contributed by atoms with Crippen LogP contribution in [0.1, 0.15) is 25.5 Å². The van der Waals surface area contributed by atoms with E-state index in [1.807, 2.05) is 0 Å². The average Bonchev–Trinajstić information content (AvgIpc) is 2.76. The van der Waals surface area contributed by atoms with Gasteiger partial charge in [-0.2, -0.15) is 13.2 Å². The first-order chi connectivity index (χ1) is 14.1. The molecule has 1 heterocycles. The highest BCUT2D eigenvalue weighted by Gasteiger charge is 2.46. The fourth-order valence-corrected chi connectivity index (χ4v) is 3.66. The number of alkyl halides is 3. The fraction of sp³-hybridized carbons (Fsp3) is 0.333. The molecule has 1 aliphatic heterocycles. The summed E-state index contributed by atoms with van der Waals surface area (Å²) in [6, 6.07) is 11.5. The number of anilines is 1. The Hall–Kier alpha value is -2.55. The highest BCUT2D eigenvalue weighted by molar-refractivity contribution is 9.10. The maximum Gasteiger partial charge on any atom is 0.406 e. The first kappa shape index (κ1) is 22.1. The molecule has 0 saturated heterocycles. The summed E-state index contributed by atoms with van der Waals surface area (Å²) in [6.45, 7) is 1.78. The van der Waals surface area contributed by atoms with Gasteiger partial charge < -0.3 is 15.0 Å². The summed E-state index contributed by atoms with van der Waals surface area (Å²) in [6.07, 6.45) is -5.85. The van der Waals surface area contributed by atoms with Crippen LogP contribution in [0.2, 0.25) is 0 Å². The van der Waals surface area contributed by atoms with Crippen molar-refractivity contribution in [2.75, 3.05) is 11.9 Å². The van der Waals surface area contributed by atoms with Crippen LogP contribution in [0.4, 0.5) is 18.9 Å². The number of carbonyl (C=O) groups is 2. The lowest BCUT2D eigenvalue weighted by atomic mass is 10.0. The number of amides is 2. The van der Waals surface area contributed by atoms with Crippen LogP contribution in [0.5, 0.6) is 5.75 Å². The van der Waals surface area contributed by atoms with Gasteiger partial charge in [-0.25, -0.2) is 0 Å². The van der Waals surface area contributed by atoms with E-state index in [1.54, 1.807) is 56.3 Å². The van der Waals surface area contributed by atoms with Crippen LogP contribution in [-0.4, -0.2) is 35.5 Å². The second-order valence-electron chi connectivity index (χ2n) is 7.30. The van der Waals surface area contributed by atoms with Gasteiger partial charge in [-0.3, -0.25) is 9.59 Å². The van der Waals surface area contributed by atoms with E-state index in [1.165, 1.54) is 6.07 Å². The molecule has 3 rings (SSSR count). The van der Waals surface area contributed by atoms with Crippen molar-refractivity contribution in [2.45, 2.75) is 32.2 Å². The topological polar surface area (TPSA) is 58.6 Å². The van der Waals surface area contributed by atoms with Gasteiger partial charge in [0.2, 0.25) is 0 Å². The van der Waals surface area contributed by atoms with Crippen molar-refractivity contribution in [2.24, 2.45) is 5.92 Å². The number of ether oxygens (including phenoxy) is 1. The van der Waals surface area contributed by atoms with Crippen molar-refractivity contribution >= 4 is 33.4 Å².